The molecule has 1 N–H and O–H groups in total. The maximum Gasteiger partial charge on any atom is 0.306 e. The molecule has 0 heterocycles. The molecule has 0 bridgehead atoms. The number of aliphatic carboxylic acids is 1. The molecule has 3 saturated carbocycles. The molecule has 2 unspecified atom stereocenters. The van der Waals surface area contributed by atoms with Gasteiger partial charge in [0, 0.05) is 6.92 Å². The Morgan fingerprint density at radius 2 is 1.71 bits per heavy atom. The number of carboxylic acids is 1. The molecule has 4 aliphatic rings. The van der Waals surface area contributed by atoms with E-state index in [9.17, 15) is 14.7 Å². The third kappa shape index (κ3) is 2.93. The van der Waals surface area contributed by atoms with Crippen LogP contribution in [0.5, 0.6) is 0 Å². The number of hydrogen-bond donors (Lipinski definition) is 1. The first-order chi connectivity index (χ1) is 13.2. The number of esters is 1. The smallest absolute Gasteiger partial charge is 0.306 e. The van der Waals surface area contributed by atoms with Crippen molar-refractivity contribution in [1.82, 2.24) is 0 Å². The highest BCUT2D eigenvalue weighted by atomic mass is 16.5. The molecule has 0 amide bonds. The molecule has 4 aliphatic carbocycles. The normalized spacial score (nSPS) is 48.1. The van der Waals surface area contributed by atoms with Crippen LogP contribution in [0.3, 0.4) is 0 Å². The molecule has 0 saturated heterocycles. The predicted octanol–water partition coefficient (Wildman–Crippen LogP) is 5.07. The van der Waals surface area contributed by atoms with Crippen molar-refractivity contribution in [1.29, 1.82) is 0 Å². The van der Waals surface area contributed by atoms with E-state index < -0.39 is 5.97 Å². The summed E-state index contributed by atoms with van der Waals surface area (Å²) in [4.78, 5) is 23.1. The van der Waals surface area contributed by atoms with Crippen LogP contribution in [0.2, 0.25) is 0 Å². The third-order valence-corrected chi connectivity index (χ3v) is 9.51. The first-order valence-electron chi connectivity index (χ1n) is 11.2. The molecule has 4 heteroatoms. The number of carbonyl (C=O) groups excluding carboxylic acids is 1. The summed E-state index contributed by atoms with van der Waals surface area (Å²) >= 11 is 0. The molecule has 0 aromatic carbocycles. The monoisotopic (exact) mass is 388 g/mol. The molecule has 156 valence electrons. The lowest BCUT2D eigenvalue weighted by Crippen LogP contribution is -2.52. The van der Waals surface area contributed by atoms with Crippen LogP contribution < -0.4 is 0 Å². The van der Waals surface area contributed by atoms with Crippen LogP contribution in [0.1, 0.15) is 72.6 Å². The summed E-state index contributed by atoms with van der Waals surface area (Å²) in [6, 6.07) is 0. The zero-order valence-electron chi connectivity index (χ0n) is 17.8. The molecule has 9 atom stereocenters. The van der Waals surface area contributed by atoms with Crippen molar-refractivity contribution in [2.24, 2.45) is 46.3 Å². The second-order valence-corrected chi connectivity index (χ2v) is 10.6. The lowest BCUT2D eigenvalue weighted by Gasteiger charge is -2.59. The second kappa shape index (κ2) is 6.88. The fraction of sp³-hybridized carbons (Fsp3) is 0.833. The van der Waals surface area contributed by atoms with Gasteiger partial charge in [0.05, 0.1) is 5.92 Å². The molecular formula is C24H36O4. The average Bonchev–Trinajstić information content (AvgIpc) is 2.98. The summed E-state index contributed by atoms with van der Waals surface area (Å²) in [6.07, 6.45) is 12.6. The summed E-state index contributed by atoms with van der Waals surface area (Å²) in [6.45, 7) is 8.27. The van der Waals surface area contributed by atoms with E-state index in [0.717, 1.165) is 32.1 Å². The van der Waals surface area contributed by atoms with Gasteiger partial charge in [0.25, 0.3) is 0 Å². The fourth-order valence-electron chi connectivity index (χ4n) is 7.96. The lowest BCUT2D eigenvalue weighted by molar-refractivity contribution is -0.153. The van der Waals surface area contributed by atoms with E-state index in [1.54, 1.807) is 0 Å². The average molecular weight is 389 g/mol. The van der Waals surface area contributed by atoms with E-state index >= 15 is 0 Å². The zero-order valence-corrected chi connectivity index (χ0v) is 17.8. The van der Waals surface area contributed by atoms with E-state index in [2.05, 4.69) is 26.0 Å². The quantitative estimate of drug-likeness (QED) is 0.541. The number of allylic oxidation sites excluding steroid dienone is 2. The van der Waals surface area contributed by atoms with Gasteiger partial charge < -0.3 is 9.84 Å². The SMILES string of the molecule is CC(=O)O[C@H]1CC[C@]2(C)C(C=C[C@H]3[C@@H]4CC[C@H](C(C)C(=O)O)[C@@]4(C)CC[C@@H]32)C1. The molecule has 28 heavy (non-hydrogen) atoms. The second-order valence-electron chi connectivity index (χ2n) is 10.6. The van der Waals surface area contributed by atoms with E-state index in [1.165, 1.54) is 19.8 Å². The van der Waals surface area contributed by atoms with Gasteiger partial charge in [-0.3, -0.25) is 9.59 Å². The maximum atomic E-state index is 11.7. The Bertz CT molecular complexity index is 684. The Hall–Kier alpha value is -1.32. The highest BCUT2D eigenvalue weighted by Gasteiger charge is 2.60. The van der Waals surface area contributed by atoms with Crippen molar-refractivity contribution in [3.05, 3.63) is 12.2 Å². The van der Waals surface area contributed by atoms with Gasteiger partial charge in [-0.05, 0) is 85.4 Å². The Labute approximate surface area is 169 Å². The van der Waals surface area contributed by atoms with Crippen LogP contribution in [-0.4, -0.2) is 23.1 Å². The number of ether oxygens (including phenoxy) is 1. The summed E-state index contributed by atoms with van der Waals surface area (Å²) in [5.74, 6) is 1.61. The van der Waals surface area contributed by atoms with Gasteiger partial charge in [0.2, 0.25) is 0 Å². The van der Waals surface area contributed by atoms with Crippen LogP contribution in [-0.2, 0) is 14.3 Å². The van der Waals surface area contributed by atoms with Gasteiger partial charge in [0.15, 0.2) is 0 Å². The van der Waals surface area contributed by atoms with Crippen LogP contribution in [0.4, 0.5) is 0 Å². The van der Waals surface area contributed by atoms with Gasteiger partial charge in [-0.2, -0.15) is 0 Å². The van der Waals surface area contributed by atoms with Gasteiger partial charge in [-0.1, -0.05) is 32.9 Å². The van der Waals surface area contributed by atoms with Crippen molar-refractivity contribution in [2.75, 3.05) is 0 Å². The maximum absolute atomic E-state index is 11.7. The van der Waals surface area contributed by atoms with E-state index in [1.807, 2.05) is 6.92 Å². The van der Waals surface area contributed by atoms with Gasteiger partial charge >= 0.3 is 11.9 Å². The van der Waals surface area contributed by atoms with Gasteiger partial charge in [0.1, 0.15) is 6.10 Å². The van der Waals surface area contributed by atoms with E-state index in [-0.39, 0.29) is 28.8 Å². The summed E-state index contributed by atoms with van der Waals surface area (Å²) in [5, 5.41) is 9.61. The number of fused-ring (bicyclic) bond motifs is 5. The lowest BCUT2D eigenvalue weighted by atomic mass is 9.46. The summed E-state index contributed by atoms with van der Waals surface area (Å²) in [5.41, 5.74) is 0.440. The molecular weight excluding hydrogens is 352 g/mol. The molecule has 0 spiro atoms. The van der Waals surface area contributed by atoms with Crippen LogP contribution in [0.25, 0.3) is 0 Å². The minimum atomic E-state index is -0.635. The first kappa shape index (κ1) is 20.0. The van der Waals surface area contributed by atoms with E-state index in [0.29, 0.717) is 29.6 Å². The minimum absolute atomic E-state index is 0.0675. The zero-order chi connectivity index (χ0) is 20.3. The molecule has 0 aromatic heterocycles. The number of rotatable bonds is 3. The Morgan fingerprint density at radius 3 is 2.39 bits per heavy atom. The highest BCUT2D eigenvalue weighted by Crippen LogP contribution is 2.66. The third-order valence-electron chi connectivity index (χ3n) is 9.51. The van der Waals surface area contributed by atoms with Gasteiger partial charge in [-0.25, -0.2) is 0 Å². The van der Waals surface area contributed by atoms with Crippen molar-refractivity contribution >= 4 is 11.9 Å². The standard InChI is InChI=1S/C24H36O4/c1-14(22(26)27)19-7-8-20-18-6-5-16-13-17(28-15(2)25)9-11-23(16,3)21(18)10-12-24(19,20)4/h5-6,14,16-21H,7-13H2,1-4H3,(H,26,27)/t14?,16?,17-,18-,19+,20-,21-,23+,24+/m0/s1. The summed E-state index contributed by atoms with van der Waals surface area (Å²) < 4.78 is 5.54. The Morgan fingerprint density at radius 1 is 1.04 bits per heavy atom. The van der Waals surface area contributed by atoms with Crippen LogP contribution >= 0.6 is 0 Å². The molecule has 3 fully saturated rings. The molecule has 4 nitrogen and oxygen atoms in total. The Balaban J connectivity index is 1.57. The Kier molecular flexibility index (Phi) is 4.91. The van der Waals surface area contributed by atoms with Crippen molar-refractivity contribution < 1.29 is 19.4 Å². The molecule has 0 radical (unpaired) electrons. The van der Waals surface area contributed by atoms with Crippen molar-refractivity contribution in [2.45, 2.75) is 78.7 Å². The van der Waals surface area contributed by atoms with Crippen molar-refractivity contribution in [3.63, 3.8) is 0 Å². The van der Waals surface area contributed by atoms with E-state index in [4.69, 9.17) is 4.74 Å². The topological polar surface area (TPSA) is 63.6 Å². The number of carbonyl (C=O) groups is 2. The predicted molar refractivity (Wildman–Crippen MR) is 107 cm³/mol. The fourth-order valence-corrected chi connectivity index (χ4v) is 7.96. The van der Waals surface area contributed by atoms with Crippen LogP contribution in [0, 0.1) is 46.3 Å². The largest absolute Gasteiger partial charge is 0.481 e. The number of carboxylic acid groups (broad SMARTS) is 1. The minimum Gasteiger partial charge on any atom is -0.481 e. The summed E-state index contributed by atoms with van der Waals surface area (Å²) in [7, 11) is 0. The highest BCUT2D eigenvalue weighted by molar-refractivity contribution is 5.70. The first-order valence-corrected chi connectivity index (χ1v) is 11.2. The van der Waals surface area contributed by atoms with Crippen molar-refractivity contribution in [3.8, 4) is 0 Å². The molecule has 0 aromatic rings. The van der Waals surface area contributed by atoms with Gasteiger partial charge in [-0.15, -0.1) is 0 Å². The molecule has 0 aliphatic heterocycles. The molecule has 4 rings (SSSR count). The number of hydrogen-bond acceptors (Lipinski definition) is 3. The van der Waals surface area contributed by atoms with Crippen LogP contribution in [0.15, 0.2) is 12.2 Å².